The van der Waals surface area contributed by atoms with Crippen molar-refractivity contribution < 1.29 is 0 Å². The van der Waals surface area contributed by atoms with Crippen LogP contribution >= 0.6 is 0 Å². The quantitative estimate of drug-likeness (QED) is 0.740. The minimum absolute atomic E-state index is 0.544. The standard InChI is InChI=1S/C17H30N2/c1-13-6-4-8-16(10-13)18-12-15(3)19-17-9-5-7-14(2)11-17/h10-11,15-19H,4-9,12H2,1-3H3. The van der Waals surface area contributed by atoms with Crippen LogP contribution in [0.2, 0.25) is 0 Å². The second kappa shape index (κ2) is 7.25. The van der Waals surface area contributed by atoms with Gasteiger partial charge >= 0.3 is 0 Å². The maximum absolute atomic E-state index is 3.74. The third-order valence-corrected chi connectivity index (χ3v) is 4.33. The van der Waals surface area contributed by atoms with Crippen LogP contribution in [-0.4, -0.2) is 24.7 Å². The Morgan fingerprint density at radius 2 is 1.63 bits per heavy atom. The molecule has 3 atom stereocenters. The predicted octanol–water partition coefficient (Wildman–Crippen LogP) is 3.55. The predicted molar refractivity (Wildman–Crippen MR) is 83.4 cm³/mol. The lowest BCUT2D eigenvalue weighted by Gasteiger charge is -2.27. The van der Waals surface area contributed by atoms with E-state index in [1.165, 1.54) is 38.5 Å². The maximum atomic E-state index is 3.74. The molecule has 108 valence electrons. The molecule has 3 unspecified atom stereocenters. The molecule has 0 saturated carbocycles. The summed E-state index contributed by atoms with van der Waals surface area (Å²) in [7, 11) is 0. The van der Waals surface area contributed by atoms with Crippen molar-refractivity contribution in [3.8, 4) is 0 Å². The van der Waals surface area contributed by atoms with E-state index in [9.17, 15) is 0 Å². The fourth-order valence-electron chi connectivity index (χ4n) is 3.27. The van der Waals surface area contributed by atoms with Gasteiger partial charge in [-0.05, 0) is 59.3 Å². The highest BCUT2D eigenvalue weighted by atomic mass is 15.0. The zero-order chi connectivity index (χ0) is 13.7. The Labute approximate surface area is 118 Å². The van der Waals surface area contributed by atoms with Crippen LogP contribution in [0, 0.1) is 0 Å². The highest BCUT2D eigenvalue weighted by Crippen LogP contribution is 2.18. The molecule has 0 saturated heterocycles. The summed E-state index contributed by atoms with van der Waals surface area (Å²) in [5, 5.41) is 7.43. The van der Waals surface area contributed by atoms with E-state index < -0.39 is 0 Å². The van der Waals surface area contributed by atoms with Gasteiger partial charge in [-0.3, -0.25) is 0 Å². The molecule has 0 aliphatic heterocycles. The summed E-state index contributed by atoms with van der Waals surface area (Å²) in [6, 6.07) is 1.73. The number of hydrogen-bond acceptors (Lipinski definition) is 2. The summed E-state index contributed by atoms with van der Waals surface area (Å²) in [4.78, 5) is 0. The van der Waals surface area contributed by atoms with E-state index in [4.69, 9.17) is 0 Å². The van der Waals surface area contributed by atoms with Gasteiger partial charge in [0.05, 0.1) is 0 Å². The fourth-order valence-corrected chi connectivity index (χ4v) is 3.27. The van der Waals surface area contributed by atoms with Crippen molar-refractivity contribution in [1.29, 1.82) is 0 Å². The molecule has 2 heteroatoms. The molecule has 0 aromatic heterocycles. The van der Waals surface area contributed by atoms with Gasteiger partial charge in [-0.1, -0.05) is 23.3 Å². The van der Waals surface area contributed by atoms with Crippen LogP contribution < -0.4 is 10.6 Å². The Bertz CT molecular complexity index is 343. The van der Waals surface area contributed by atoms with Crippen LogP contribution in [0.5, 0.6) is 0 Å². The molecule has 0 spiro atoms. The van der Waals surface area contributed by atoms with E-state index in [-0.39, 0.29) is 0 Å². The van der Waals surface area contributed by atoms with Crippen LogP contribution in [0.4, 0.5) is 0 Å². The lowest BCUT2D eigenvalue weighted by Crippen LogP contribution is -2.44. The number of nitrogens with one attached hydrogen (secondary N) is 2. The SMILES string of the molecule is CC1=CC(NCC(C)NC2C=C(C)CCC2)CCC1. The summed E-state index contributed by atoms with van der Waals surface area (Å²) in [6.07, 6.45) is 12.7. The average molecular weight is 262 g/mol. The number of allylic oxidation sites excluding steroid dienone is 2. The maximum Gasteiger partial charge on any atom is 0.0255 e. The topological polar surface area (TPSA) is 24.1 Å². The molecule has 0 aromatic rings. The Balaban J connectivity index is 1.71. The van der Waals surface area contributed by atoms with Gasteiger partial charge in [0, 0.05) is 24.7 Å². The fraction of sp³-hybridized carbons (Fsp3) is 0.765. The van der Waals surface area contributed by atoms with Crippen molar-refractivity contribution in [2.45, 2.75) is 77.4 Å². The van der Waals surface area contributed by atoms with Crippen molar-refractivity contribution in [2.75, 3.05) is 6.54 Å². The molecule has 2 nitrogen and oxygen atoms in total. The largest absolute Gasteiger partial charge is 0.309 e. The zero-order valence-corrected chi connectivity index (χ0v) is 12.8. The number of hydrogen-bond donors (Lipinski definition) is 2. The lowest BCUT2D eigenvalue weighted by molar-refractivity contribution is 0.411. The van der Waals surface area contributed by atoms with Crippen molar-refractivity contribution >= 4 is 0 Å². The smallest absolute Gasteiger partial charge is 0.0255 e. The third kappa shape index (κ3) is 5.12. The Hall–Kier alpha value is -0.600. The molecule has 0 heterocycles. The molecule has 2 N–H and O–H groups in total. The van der Waals surface area contributed by atoms with Gasteiger partial charge in [0.2, 0.25) is 0 Å². The molecule has 0 fully saturated rings. The molecular formula is C17H30N2. The summed E-state index contributed by atoms with van der Waals surface area (Å²) < 4.78 is 0. The normalized spacial score (nSPS) is 29.6. The van der Waals surface area contributed by atoms with Crippen molar-refractivity contribution in [3.05, 3.63) is 23.3 Å². The minimum atomic E-state index is 0.544. The molecule has 0 radical (unpaired) electrons. The van der Waals surface area contributed by atoms with Gasteiger partial charge in [-0.2, -0.15) is 0 Å². The first-order valence-corrected chi connectivity index (χ1v) is 7.97. The molecule has 19 heavy (non-hydrogen) atoms. The molecule has 2 aliphatic rings. The molecule has 0 amide bonds. The van der Waals surface area contributed by atoms with Crippen molar-refractivity contribution in [2.24, 2.45) is 0 Å². The third-order valence-electron chi connectivity index (χ3n) is 4.33. The van der Waals surface area contributed by atoms with Crippen LogP contribution in [0.3, 0.4) is 0 Å². The second-order valence-electron chi connectivity index (χ2n) is 6.50. The van der Waals surface area contributed by atoms with E-state index >= 15 is 0 Å². The first kappa shape index (κ1) is 14.8. The first-order chi connectivity index (χ1) is 9.13. The van der Waals surface area contributed by atoms with Gasteiger partial charge in [-0.15, -0.1) is 0 Å². The zero-order valence-electron chi connectivity index (χ0n) is 12.8. The summed E-state index contributed by atoms with van der Waals surface area (Å²) >= 11 is 0. The Morgan fingerprint density at radius 1 is 1.05 bits per heavy atom. The Kier molecular flexibility index (Phi) is 5.65. The molecule has 0 bridgehead atoms. The van der Waals surface area contributed by atoms with E-state index in [1.54, 1.807) is 11.1 Å². The van der Waals surface area contributed by atoms with Gasteiger partial charge in [-0.25, -0.2) is 0 Å². The molecular weight excluding hydrogens is 232 g/mol. The molecule has 0 aromatic carbocycles. The average Bonchev–Trinajstić information content (AvgIpc) is 2.36. The van der Waals surface area contributed by atoms with E-state index in [1.807, 2.05) is 0 Å². The van der Waals surface area contributed by atoms with Crippen molar-refractivity contribution in [1.82, 2.24) is 10.6 Å². The van der Waals surface area contributed by atoms with E-state index in [2.05, 4.69) is 43.6 Å². The highest BCUT2D eigenvalue weighted by Gasteiger charge is 2.15. The summed E-state index contributed by atoms with van der Waals surface area (Å²) in [5.74, 6) is 0. The monoisotopic (exact) mass is 262 g/mol. The summed E-state index contributed by atoms with van der Waals surface area (Å²) in [6.45, 7) is 7.87. The molecule has 2 rings (SSSR count). The van der Waals surface area contributed by atoms with Gasteiger partial charge in [0.25, 0.3) is 0 Å². The number of rotatable bonds is 5. The summed E-state index contributed by atoms with van der Waals surface area (Å²) in [5.41, 5.74) is 3.10. The van der Waals surface area contributed by atoms with E-state index in [0.29, 0.717) is 18.1 Å². The first-order valence-electron chi connectivity index (χ1n) is 7.97. The van der Waals surface area contributed by atoms with Gasteiger partial charge < -0.3 is 10.6 Å². The van der Waals surface area contributed by atoms with Gasteiger partial charge in [0.1, 0.15) is 0 Å². The molecule has 2 aliphatic carbocycles. The highest BCUT2D eigenvalue weighted by molar-refractivity contribution is 5.09. The van der Waals surface area contributed by atoms with Crippen LogP contribution in [0.25, 0.3) is 0 Å². The van der Waals surface area contributed by atoms with E-state index in [0.717, 1.165) is 6.54 Å². The van der Waals surface area contributed by atoms with Gasteiger partial charge in [0.15, 0.2) is 0 Å². The van der Waals surface area contributed by atoms with Crippen LogP contribution in [0.1, 0.15) is 59.3 Å². The second-order valence-corrected chi connectivity index (χ2v) is 6.50. The van der Waals surface area contributed by atoms with Crippen LogP contribution in [-0.2, 0) is 0 Å². The van der Waals surface area contributed by atoms with Crippen LogP contribution in [0.15, 0.2) is 23.3 Å². The minimum Gasteiger partial charge on any atom is -0.309 e. The lowest BCUT2D eigenvalue weighted by atomic mass is 9.96. The Morgan fingerprint density at radius 3 is 2.26 bits per heavy atom. The van der Waals surface area contributed by atoms with Crippen molar-refractivity contribution in [3.63, 3.8) is 0 Å².